The minimum absolute atomic E-state index is 0.0371. The summed E-state index contributed by atoms with van der Waals surface area (Å²) in [4.78, 5) is 26.8. The second-order valence-corrected chi connectivity index (χ2v) is 7.31. The van der Waals surface area contributed by atoms with Gasteiger partial charge in [-0.05, 0) is 50.4 Å². The van der Waals surface area contributed by atoms with Crippen molar-refractivity contribution in [1.82, 2.24) is 10.2 Å². The Morgan fingerprint density at radius 3 is 2.60 bits per heavy atom. The Labute approximate surface area is 121 Å². The first kappa shape index (κ1) is 13.9. The Balaban J connectivity index is 1.72. The van der Waals surface area contributed by atoms with Crippen LogP contribution in [0.25, 0.3) is 0 Å². The molecule has 0 aromatic rings. The summed E-state index contributed by atoms with van der Waals surface area (Å²) in [7, 11) is 0. The molecule has 1 N–H and O–H groups in total. The third-order valence-corrected chi connectivity index (χ3v) is 5.42. The van der Waals surface area contributed by atoms with E-state index in [1.165, 1.54) is 19.3 Å². The first-order chi connectivity index (χ1) is 9.49. The number of rotatable bonds is 3. The van der Waals surface area contributed by atoms with Crippen LogP contribution in [0, 0.1) is 17.8 Å². The van der Waals surface area contributed by atoms with Crippen molar-refractivity contribution in [2.75, 3.05) is 13.1 Å². The van der Waals surface area contributed by atoms with Crippen LogP contribution in [0.15, 0.2) is 0 Å². The monoisotopic (exact) mass is 278 g/mol. The Kier molecular flexibility index (Phi) is 3.51. The number of carbonyl (C=O) groups excluding carboxylic acids is 2. The number of carbonyl (C=O) groups is 2. The highest BCUT2D eigenvalue weighted by Gasteiger charge is 2.51. The molecule has 112 valence electrons. The molecule has 4 heteroatoms. The summed E-state index contributed by atoms with van der Waals surface area (Å²) in [6, 6.07) is 0. The van der Waals surface area contributed by atoms with E-state index in [4.69, 9.17) is 0 Å². The Hall–Kier alpha value is -1.06. The van der Waals surface area contributed by atoms with Crippen LogP contribution in [0.3, 0.4) is 0 Å². The van der Waals surface area contributed by atoms with Gasteiger partial charge in [0.25, 0.3) is 0 Å². The van der Waals surface area contributed by atoms with Gasteiger partial charge < -0.3 is 10.2 Å². The predicted octanol–water partition coefficient (Wildman–Crippen LogP) is 1.94. The van der Waals surface area contributed by atoms with E-state index >= 15 is 0 Å². The van der Waals surface area contributed by atoms with Crippen molar-refractivity contribution >= 4 is 11.8 Å². The van der Waals surface area contributed by atoms with Crippen LogP contribution in [-0.4, -0.2) is 35.3 Å². The van der Waals surface area contributed by atoms with Crippen LogP contribution in [0.2, 0.25) is 0 Å². The molecule has 3 atom stereocenters. The highest BCUT2D eigenvalue weighted by Crippen LogP contribution is 2.41. The lowest BCUT2D eigenvalue weighted by Gasteiger charge is -2.33. The fraction of sp³-hybridized carbons (Fsp3) is 0.875. The van der Waals surface area contributed by atoms with Gasteiger partial charge in [0, 0.05) is 19.5 Å². The molecule has 0 radical (unpaired) electrons. The second kappa shape index (κ2) is 5.05. The van der Waals surface area contributed by atoms with Gasteiger partial charge in [-0.15, -0.1) is 0 Å². The minimum atomic E-state index is -0.641. The maximum absolute atomic E-state index is 12.9. The molecular weight excluding hydrogens is 252 g/mol. The SMILES string of the molecule is CC1CCC(CN2CCC(=O)NC(C)(C3CC3)C2=O)C1. The quantitative estimate of drug-likeness (QED) is 0.857. The average molecular weight is 278 g/mol. The zero-order valence-corrected chi connectivity index (χ0v) is 12.7. The van der Waals surface area contributed by atoms with Gasteiger partial charge >= 0.3 is 0 Å². The van der Waals surface area contributed by atoms with Gasteiger partial charge in [0.15, 0.2) is 0 Å². The van der Waals surface area contributed by atoms with Gasteiger partial charge in [-0.25, -0.2) is 0 Å². The van der Waals surface area contributed by atoms with Crippen molar-refractivity contribution < 1.29 is 9.59 Å². The highest BCUT2D eigenvalue weighted by atomic mass is 16.2. The Morgan fingerprint density at radius 1 is 1.25 bits per heavy atom. The maximum atomic E-state index is 12.9. The molecule has 0 spiro atoms. The van der Waals surface area contributed by atoms with E-state index in [1.807, 2.05) is 11.8 Å². The molecule has 2 amide bonds. The normalized spacial score (nSPS) is 38.8. The summed E-state index contributed by atoms with van der Waals surface area (Å²) in [5, 5.41) is 3.00. The van der Waals surface area contributed by atoms with Gasteiger partial charge in [0.2, 0.25) is 11.8 Å². The maximum Gasteiger partial charge on any atom is 0.248 e. The van der Waals surface area contributed by atoms with Crippen molar-refractivity contribution in [1.29, 1.82) is 0 Å². The molecule has 0 aromatic carbocycles. The summed E-state index contributed by atoms with van der Waals surface area (Å²) in [6.45, 7) is 5.67. The summed E-state index contributed by atoms with van der Waals surface area (Å²) in [5.41, 5.74) is -0.641. The molecule has 1 heterocycles. The van der Waals surface area contributed by atoms with Crippen LogP contribution in [-0.2, 0) is 9.59 Å². The summed E-state index contributed by atoms with van der Waals surface area (Å²) < 4.78 is 0. The number of hydrogen-bond acceptors (Lipinski definition) is 2. The van der Waals surface area contributed by atoms with Gasteiger partial charge in [0.1, 0.15) is 5.54 Å². The second-order valence-electron chi connectivity index (χ2n) is 7.31. The lowest BCUT2D eigenvalue weighted by molar-refractivity contribution is -0.139. The molecule has 3 unspecified atom stereocenters. The van der Waals surface area contributed by atoms with E-state index in [9.17, 15) is 9.59 Å². The first-order valence-corrected chi connectivity index (χ1v) is 8.09. The molecule has 4 nitrogen and oxygen atoms in total. The van der Waals surface area contributed by atoms with Crippen molar-refractivity contribution in [2.24, 2.45) is 17.8 Å². The molecule has 1 saturated heterocycles. The zero-order valence-electron chi connectivity index (χ0n) is 12.7. The lowest BCUT2D eigenvalue weighted by atomic mass is 9.93. The fourth-order valence-electron chi connectivity index (χ4n) is 3.99. The van der Waals surface area contributed by atoms with Crippen LogP contribution in [0.1, 0.15) is 52.4 Å². The molecule has 0 bridgehead atoms. The largest absolute Gasteiger partial charge is 0.342 e. The average Bonchev–Trinajstić information content (AvgIpc) is 3.18. The molecule has 3 fully saturated rings. The smallest absolute Gasteiger partial charge is 0.248 e. The van der Waals surface area contributed by atoms with Gasteiger partial charge in [-0.1, -0.05) is 13.3 Å². The summed E-state index contributed by atoms with van der Waals surface area (Å²) >= 11 is 0. The van der Waals surface area contributed by atoms with Crippen LogP contribution >= 0.6 is 0 Å². The lowest BCUT2D eigenvalue weighted by Crippen LogP contribution is -2.57. The van der Waals surface area contributed by atoms with E-state index < -0.39 is 5.54 Å². The zero-order chi connectivity index (χ0) is 14.3. The first-order valence-electron chi connectivity index (χ1n) is 8.09. The standard InChI is InChI=1S/C16H26N2O2/c1-11-3-4-12(9-11)10-18-8-7-14(19)17-16(2,15(18)20)13-5-6-13/h11-13H,3-10H2,1-2H3,(H,17,19). The summed E-state index contributed by atoms with van der Waals surface area (Å²) in [5.74, 6) is 1.96. The van der Waals surface area contributed by atoms with E-state index in [1.54, 1.807) is 0 Å². The van der Waals surface area contributed by atoms with Gasteiger partial charge in [-0.3, -0.25) is 9.59 Å². The molecule has 2 aliphatic carbocycles. The van der Waals surface area contributed by atoms with Gasteiger partial charge in [-0.2, -0.15) is 0 Å². The number of nitrogens with one attached hydrogen (secondary N) is 1. The number of hydrogen-bond donors (Lipinski definition) is 1. The minimum Gasteiger partial charge on any atom is -0.342 e. The van der Waals surface area contributed by atoms with Crippen LogP contribution in [0.4, 0.5) is 0 Å². The van der Waals surface area contributed by atoms with Crippen molar-refractivity contribution in [3.63, 3.8) is 0 Å². The Bertz CT molecular complexity index is 419. The van der Waals surface area contributed by atoms with Crippen LogP contribution in [0.5, 0.6) is 0 Å². The molecule has 1 aliphatic heterocycles. The molecule has 20 heavy (non-hydrogen) atoms. The van der Waals surface area contributed by atoms with E-state index in [0.717, 1.165) is 25.3 Å². The van der Waals surface area contributed by atoms with E-state index in [-0.39, 0.29) is 11.8 Å². The molecule has 3 rings (SSSR count). The van der Waals surface area contributed by atoms with Crippen molar-refractivity contribution in [3.8, 4) is 0 Å². The molecule has 3 aliphatic rings. The van der Waals surface area contributed by atoms with E-state index in [0.29, 0.717) is 24.8 Å². The third kappa shape index (κ3) is 2.57. The fourth-order valence-corrected chi connectivity index (χ4v) is 3.99. The number of amides is 2. The predicted molar refractivity (Wildman–Crippen MR) is 77.0 cm³/mol. The van der Waals surface area contributed by atoms with Crippen molar-refractivity contribution in [3.05, 3.63) is 0 Å². The topological polar surface area (TPSA) is 49.4 Å². The van der Waals surface area contributed by atoms with Crippen LogP contribution < -0.4 is 5.32 Å². The molecule has 2 saturated carbocycles. The van der Waals surface area contributed by atoms with Gasteiger partial charge in [0.05, 0.1) is 0 Å². The summed E-state index contributed by atoms with van der Waals surface area (Å²) in [6.07, 6.45) is 6.32. The highest BCUT2D eigenvalue weighted by molar-refractivity contribution is 5.93. The Morgan fingerprint density at radius 2 is 2.00 bits per heavy atom. The van der Waals surface area contributed by atoms with E-state index in [2.05, 4.69) is 12.2 Å². The third-order valence-electron chi connectivity index (χ3n) is 5.42. The number of nitrogens with zero attached hydrogens (tertiary/aromatic N) is 1. The molecular formula is C16H26N2O2. The van der Waals surface area contributed by atoms with Crippen molar-refractivity contribution in [2.45, 2.75) is 57.9 Å². The molecule has 0 aromatic heterocycles.